The van der Waals surface area contributed by atoms with E-state index < -0.39 is 5.82 Å². The number of hydrogen-bond donors (Lipinski definition) is 3. The standard InChI is InChI=1S/C17H22FN5O2/c1-13(7-12-23-11-2-8-21-23)22-17(25)20-10-9-19-16(24)14-3-5-15(18)6-4-14/h2-6,8,11,13H,7,9-10,12H2,1H3,(H,19,24)(H2,20,22,25). The van der Waals surface area contributed by atoms with Gasteiger partial charge in [-0.2, -0.15) is 5.10 Å². The second kappa shape index (κ2) is 9.41. The van der Waals surface area contributed by atoms with Crippen LogP contribution in [0.5, 0.6) is 0 Å². The van der Waals surface area contributed by atoms with E-state index in [9.17, 15) is 14.0 Å². The molecule has 0 spiro atoms. The van der Waals surface area contributed by atoms with E-state index in [2.05, 4.69) is 21.0 Å². The van der Waals surface area contributed by atoms with Gasteiger partial charge in [0.15, 0.2) is 0 Å². The molecule has 2 aromatic rings. The topological polar surface area (TPSA) is 88.1 Å². The first-order valence-electron chi connectivity index (χ1n) is 8.10. The molecule has 0 aliphatic carbocycles. The fraction of sp³-hybridized carbons (Fsp3) is 0.353. The highest BCUT2D eigenvalue weighted by atomic mass is 19.1. The van der Waals surface area contributed by atoms with E-state index in [1.165, 1.54) is 24.3 Å². The lowest BCUT2D eigenvalue weighted by molar-refractivity contribution is 0.0953. The number of rotatable bonds is 8. The average Bonchev–Trinajstić information content (AvgIpc) is 3.11. The SMILES string of the molecule is CC(CCn1cccn1)NC(=O)NCCNC(=O)c1ccc(F)cc1. The molecule has 7 nitrogen and oxygen atoms in total. The van der Waals surface area contributed by atoms with Gasteiger partial charge in [0.1, 0.15) is 5.82 Å². The van der Waals surface area contributed by atoms with Crippen molar-refractivity contribution >= 4 is 11.9 Å². The Kier molecular flexibility index (Phi) is 6.94. The lowest BCUT2D eigenvalue weighted by Gasteiger charge is -2.15. The van der Waals surface area contributed by atoms with E-state index in [4.69, 9.17) is 0 Å². The number of aryl methyl sites for hydroxylation is 1. The smallest absolute Gasteiger partial charge is 0.315 e. The fourth-order valence-electron chi connectivity index (χ4n) is 2.16. The molecule has 1 unspecified atom stereocenters. The van der Waals surface area contributed by atoms with E-state index in [0.29, 0.717) is 12.1 Å². The monoisotopic (exact) mass is 347 g/mol. The maximum absolute atomic E-state index is 12.8. The van der Waals surface area contributed by atoms with Crippen molar-refractivity contribution < 1.29 is 14.0 Å². The molecule has 1 atom stereocenters. The van der Waals surface area contributed by atoms with Gasteiger partial charge in [-0.25, -0.2) is 9.18 Å². The summed E-state index contributed by atoms with van der Waals surface area (Å²) in [6.07, 6.45) is 4.35. The Bertz CT molecular complexity index is 673. The van der Waals surface area contributed by atoms with Crippen LogP contribution in [0.1, 0.15) is 23.7 Å². The minimum Gasteiger partial charge on any atom is -0.350 e. The van der Waals surface area contributed by atoms with Gasteiger partial charge >= 0.3 is 6.03 Å². The Labute approximate surface area is 145 Å². The summed E-state index contributed by atoms with van der Waals surface area (Å²) < 4.78 is 14.6. The Morgan fingerprint density at radius 1 is 1.20 bits per heavy atom. The number of hydrogen-bond acceptors (Lipinski definition) is 3. The number of nitrogens with one attached hydrogen (secondary N) is 3. The third kappa shape index (κ3) is 6.62. The second-order valence-electron chi connectivity index (χ2n) is 5.62. The number of aromatic nitrogens is 2. The van der Waals surface area contributed by atoms with Gasteiger partial charge in [-0.1, -0.05) is 0 Å². The summed E-state index contributed by atoms with van der Waals surface area (Å²) in [5, 5.41) is 12.3. The van der Waals surface area contributed by atoms with Crippen LogP contribution in [-0.4, -0.2) is 40.9 Å². The minimum atomic E-state index is -0.392. The molecule has 0 aliphatic heterocycles. The Balaban J connectivity index is 1.58. The molecule has 134 valence electrons. The van der Waals surface area contributed by atoms with Crippen LogP contribution < -0.4 is 16.0 Å². The summed E-state index contributed by atoms with van der Waals surface area (Å²) in [5.74, 6) is -0.702. The molecule has 1 aromatic heterocycles. The number of carbonyl (C=O) groups is 2. The summed E-state index contributed by atoms with van der Waals surface area (Å²) in [7, 11) is 0. The van der Waals surface area contributed by atoms with Crippen molar-refractivity contribution in [1.29, 1.82) is 0 Å². The molecular weight excluding hydrogens is 325 g/mol. The molecule has 3 N–H and O–H groups in total. The molecule has 3 amide bonds. The zero-order chi connectivity index (χ0) is 18.1. The van der Waals surface area contributed by atoms with Crippen LogP contribution in [0.2, 0.25) is 0 Å². The molecular formula is C17H22FN5O2. The molecule has 0 fully saturated rings. The normalized spacial score (nSPS) is 11.6. The van der Waals surface area contributed by atoms with E-state index in [1.54, 1.807) is 10.9 Å². The molecule has 0 saturated carbocycles. The molecule has 8 heteroatoms. The maximum Gasteiger partial charge on any atom is 0.315 e. The van der Waals surface area contributed by atoms with E-state index >= 15 is 0 Å². The number of urea groups is 1. The number of nitrogens with zero attached hydrogens (tertiary/aromatic N) is 2. The molecule has 1 aromatic carbocycles. The van der Waals surface area contributed by atoms with E-state index in [1.807, 2.05) is 19.2 Å². The summed E-state index contributed by atoms with van der Waals surface area (Å²) >= 11 is 0. The number of benzene rings is 1. The largest absolute Gasteiger partial charge is 0.350 e. The van der Waals surface area contributed by atoms with Crippen molar-refractivity contribution in [3.8, 4) is 0 Å². The van der Waals surface area contributed by atoms with E-state index in [-0.39, 0.29) is 24.5 Å². The van der Waals surface area contributed by atoms with Crippen molar-refractivity contribution in [1.82, 2.24) is 25.7 Å². The van der Waals surface area contributed by atoms with Crippen molar-refractivity contribution in [3.05, 3.63) is 54.1 Å². The molecule has 0 radical (unpaired) electrons. The fourth-order valence-corrected chi connectivity index (χ4v) is 2.16. The van der Waals surface area contributed by atoms with E-state index in [0.717, 1.165) is 13.0 Å². The number of halogens is 1. The van der Waals surface area contributed by atoms with Crippen molar-refractivity contribution in [2.24, 2.45) is 0 Å². The van der Waals surface area contributed by atoms with Gasteiger partial charge in [-0.05, 0) is 43.7 Å². The van der Waals surface area contributed by atoms with Crippen molar-refractivity contribution in [2.75, 3.05) is 13.1 Å². The van der Waals surface area contributed by atoms with Crippen LogP contribution >= 0.6 is 0 Å². The first kappa shape index (κ1) is 18.4. The zero-order valence-corrected chi connectivity index (χ0v) is 14.0. The van der Waals surface area contributed by atoms with Crippen molar-refractivity contribution in [3.63, 3.8) is 0 Å². The lowest BCUT2D eigenvalue weighted by atomic mass is 10.2. The van der Waals surface area contributed by atoms with Crippen LogP contribution in [0, 0.1) is 5.82 Å². The number of carbonyl (C=O) groups excluding carboxylic acids is 2. The zero-order valence-electron chi connectivity index (χ0n) is 14.0. The Morgan fingerprint density at radius 3 is 2.60 bits per heavy atom. The van der Waals surface area contributed by atoms with Gasteiger partial charge in [0.25, 0.3) is 5.91 Å². The Morgan fingerprint density at radius 2 is 1.92 bits per heavy atom. The molecule has 25 heavy (non-hydrogen) atoms. The molecule has 0 bridgehead atoms. The van der Waals surface area contributed by atoms with Crippen LogP contribution in [0.15, 0.2) is 42.7 Å². The Hall–Kier alpha value is -2.90. The summed E-state index contributed by atoms with van der Waals surface area (Å²) in [4.78, 5) is 23.6. The van der Waals surface area contributed by atoms with Crippen LogP contribution in [0.4, 0.5) is 9.18 Å². The third-order valence-electron chi connectivity index (χ3n) is 3.53. The summed E-state index contributed by atoms with van der Waals surface area (Å²) in [6.45, 7) is 3.22. The highest BCUT2D eigenvalue weighted by Gasteiger charge is 2.08. The molecule has 1 heterocycles. The van der Waals surface area contributed by atoms with Crippen LogP contribution in [-0.2, 0) is 6.54 Å². The highest BCUT2D eigenvalue weighted by Crippen LogP contribution is 2.02. The second-order valence-corrected chi connectivity index (χ2v) is 5.62. The first-order chi connectivity index (χ1) is 12.0. The van der Waals surface area contributed by atoms with Crippen LogP contribution in [0.3, 0.4) is 0 Å². The van der Waals surface area contributed by atoms with Gasteiger partial charge in [0, 0.05) is 43.6 Å². The van der Waals surface area contributed by atoms with Gasteiger partial charge in [0.05, 0.1) is 0 Å². The first-order valence-corrected chi connectivity index (χ1v) is 8.10. The summed E-state index contributed by atoms with van der Waals surface area (Å²) in [6, 6.07) is 6.83. The maximum atomic E-state index is 12.8. The predicted molar refractivity (Wildman–Crippen MR) is 91.6 cm³/mol. The molecule has 2 rings (SSSR count). The third-order valence-corrected chi connectivity index (χ3v) is 3.53. The molecule has 0 saturated heterocycles. The molecule has 0 aliphatic rings. The van der Waals surface area contributed by atoms with Gasteiger partial charge in [-0.3, -0.25) is 9.48 Å². The predicted octanol–water partition coefficient (Wildman–Crippen LogP) is 1.53. The highest BCUT2D eigenvalue weighted by molar-refractivity contribution is 5.94. The number of amides is 3. The van der Waals surface area contributed by atoms with Crippen LogP contribution in [0.25, 0.3) is 0 Å². The quantitative estimate of drug-likeness (QED) is 0.633. The van der Waals surface area contributed by atoms with Gasteiger partial charge in [-0.15, -0.1) is 0 Å². The van der Waals surface area contributed by atoms with Gasteiger partial charge in [0.2, 0.25) is 0 Å². The summed E-state index contributed by atoms with van der Waals surface area (Å²) in [5.41, 5.74) is 0.373. The average molecular weight is 347 g/mol. The lowest BCUT2D eigenvalue weighted by Crippen LogP contribution is -2.43. The van der Waals surface area contributed by atoms with Crippen molar-refractivity contribution in [2.45, 2.75) is 25.9 Å². The minimum absolute atomic E-state index is 0.00185. The van der Waals surface area contributed by atoms with Gasteiger partial charge < -0.3 is 16.0 Å².